The summed E-state index contributed by atoms with van der Waals surface area (Å²) in [4.78, 5) is 4.21. The van der Waals surface area contributed by atoms with Gasteiger partial charge in [0.2, 0.25) is 5.13 Å². The van der Waals surface area contributed by atoms with Crippen LogP contribution in [0.4, 0.5) is 5.13 Å². The van der Waals surface area contributed by atoms with E-state index in [4.69, 9.17) is 11.6 Å². The lowest BCUT2D eigenvalue weighted by Crippen LogP contribution is -2.25. The molecular weight excluding hydrogens is 206 g/mol. The minimum absolute atomic E-state index is 0.143. The Morgan fingerprint density at radius 1 is 1.62 bits per heavy atom. The van der Waals surface area contributed by atoms with E-state index in [0.717, 1.165) is 17.4 Å². The molecule has 2 unspecified atom stereocenters. The van der Waals surface area contributed by atoms with Crippen molar-refractivity contribution in [1.82, 2.24) is 9.36 Å². The molecule has 1 aromatic heterocycles. The van der Waals surface area contributed by atoms with E-state index in [9.17, 15) is 0 Å². The van der Waals surface area contributed by atoms with Crippen LogP contribution in [0, 0.1) is 6.92 Å². The number of hydrogen-bond donors (Lipinski definition) is 1. The van der Waals surface area contributed by atoms with Crippen LogP contribution in [0.25, 0.3) is 0 Å². The molecule has 1 rings (SSSR count). The first-order valence-corrected chi connectivity index (χ1v) is 5.55. The van der Waals surface area contributed by atoms with Crippen molar-refractivity contribution in [1.29, 1.82) is 0 Å². The number of nitrogens with zero attached hydrogens (tertiary/aromatic N) is 2. The van der Waals surface area contributed by atoms with Gasteiger partial charge in [-0.25, -0.2) is 4.98 Å². The average molecular weight is 220 g/mol. The fraction of sp³-hybridized carbons (Fsp3) is 0.750. The van der Waals surface area contributed by atoms with Gasteiger partial charge in [0.1, 0.15) is 5.82 Å². The number of halogens is 1. The second-order valence-electron chi connectivity index (χ2n) is 3.00. The normalized spacial score (nSPS) is 15.4. The highest BCUT2D eigenvalue weighted by Crippen LogP contribution is 2.16. The van der Waals surface area contributed by atoms with E-state index in [-0.39, 0.29) is 11.4 Å². The zero-order valence-electron chi connectivity index (χ0n) is 8.04. The molecule has 0 spiro atoms. The number of aryl methyl sites for hydroxylation is 1. The van der Waals surface area contributed by atoms with E-state index in [1.54, 1.807) is 0 Å². The molecule has 0 aliphatic rings. The van der Waals surface area contributed by atoms with Crippen molar-refractivity contribution in [2.75, 3.05) is 5.32 Å². The van der Waals surface area contributed by atoms with Crippen LogP contribution in [0.2, 0.25) is 0 Å². The molecular formula is C8H14ClN3S. The van der Waals surface area contributed by atoms with Gasteiger partial charge in [0.25, 0.3) is 0 Å². The van der Waals surface area contributed by atoms with Crippen LogP contribution in [0.3, 0.4) is 0 Å². The number of nitrogens with one attached hydrogen (secondary N) is 1. The van der Waals surface area contributed by atoms with Gasteiger partial charge in [-0.05, 0) is 20.3 Å². The molecule has 1 heterocycles. The van der Waals surface area contributed by atoms with Crippen LogP contribution >= 0.6 is 23.1 Å². The molecule has 0 aromatic carbocycles. The van der Waals surface area contributed by atoms with Crippen LogP contribution in [-0.4, -0.2) is 20.8 Å². The summed E-state index contributed by atoms with van der Waals surface area (Å²) in [5, 5.41) is 4.22. The number of alkyl halides is 1. The number of rotatable bonds is 4. The number of aromatic nitrogens is 2. The summed E-state index contributed by atoms with van der Waals surface area (Å²) in [5.74, 6) is 0.808. The maximum absolute atomic E-state index is 6.07. The largest absolute Gasteiger partial charge is 0.356 e. The summed E-state index contributed by atoms with van der Waals surface area (Å²) in [7, 11) is 0. The first-order valence-electron chi connectivity index (χ1n) is 4.34. The Morgan fingerprint density at radius 3 is 2.77 bits per heavy atom. The second kappa shape index (κ2) is 4.77. The van der Waals surface area contributed by atoms with Crippen molar-refractivity contribution in [2.24, 2.45) is 0 Å². The first-order chi connectivity index (χ1) is 6.13. The summed E-state index contributed by atoms with van der Waals surface area (Å²) in [6.45, 7) is 6.00. The highest BCUT2D eigenvalue weighted by atomic mass is 35.5. The lowest BCUT2D eigenvalue weighted by Gasteiger charge is -2.16. The summed E-state index contributed by atoms with van der Waals surface area (Å²) < 4.78 is 4.08. The van der Waals surface area contributed by atoms with Crippen molar-refractivity contribution >= 4 is 28.3 Å². The highest BCUT2D eigenvalue weighted by molar-refractivity contribution is 7.09. The van der Waals surface area contributed by atoms with Gasteiger partial charge in [0.05, 0.1) is 5.38 Å². The lowest BCUT2D eigenvalue weighted by molar-refractivity contribution is 0.699. The van der Waals surface area contributed by atoms with Crippen LogP contribution < -0.4 is 5.32 Å². The number of hydrogen-bond acceptors (Lipinski definition) is 4. The Hall–Kier alpha value is -0.350. The molecule has 0 radical (unpaired) electrons. The van der Waals surface area contributed by atoms with Gasteiger partial charge in [-0.3, -0.25) is 0 Å². The Balaban J connectivity index is 2.49. The molecule has 5 heteroatoms. The Bertz CT molecular complexity index is 264. The van der Waals surface area contributed by atoms with Gasteiger partial charge in [0.15, 0.2) is 0 Å². The molecule has 3 nitrogen and oxygen atoms in total. The lowest BCUT2D eigenvalue weighted by atomic mass is 10.2. The van der Waals surface area contributed by atoms with E-state index >= 15 is 0 Å². The van der Waals surface area contributed by atoms with Crippen LogP contribution in [0.1, 0.15) is 26.1 Å². The van der Waals surface area contributed by atoms with Crippen molar-refractivity contribution in [2.45, 2.75) is 38.6 Å². The maximum atomic E-state index is 6.07. The quantitative estimate of drug-likeness (QED) is 0.792. The minimum atomic E-state index is 0.143. The summed E-state index contributed by atoms with van der Waals surface area (Å²) >= 11 is 7.44. The molecule has 0 amide bonds. The molecule has 0 saturated carbocycles. The van der Waals surface area contributed by atoms with Gasteiger partial charge >= 0.3 is 0 Å². The highest BCUT2D eigenvalue weighted by Gasteiger charge is 2.13. The van der Waals surface area contributed by atoms with Gasteiger partial charge < -0.3 is 5.32 Å². The van der Waals surface area contributed by atoms with Crippen molar-refractivity contribution < 1.29 is 0 Å². The van der Waals surface area contributed by atoms with E-state index < -0.39 is 0 Å². The predicted molar refractivity (Wildman–Crippen MR) is 57.7 cm³/mol. The summed E-state index contributed by atoms with van der Waals surface area (Å²) in [5.41, 5.74) is 0. The predicted octanol–water partition coefficient (Wildman–Crippen LogP) is 2.66. The van der Waals surface area contributed by atoms with Gasteiger partial charge in [0, 0.05) is 17.6 Å². The maximum Gasteiger partial charge on any atom is 0.202 e. The molecule has 0 saturated heterocycles. The van der Waals surface area contributed by atoms with E-state index in [2.05, 4.69) is 28.5 Å². The monoisotopic (exact) mass is 219 g/mol. The zero-order valence-corrected chi connectivity index (χ0v) is 9.61. The van der Waals surface area contributed by atoms with Crippen molar-refractivity contribution in [3.8, 4) is 0 Å². The smallest absolute Gasteiger partial charge is 0.202 e. The van der Waals surface area contributed by atoms with Crippen LogP contribution in [-0.2, 0) is 0 Å². The molecule has 13 heavy (non-hydrogen) atoms. The minimum Gasteiger partial charge on any atom is -0.356 e. The topological polar surface area (TPSA) is 37.8 Å². The second-order valence-corrected chi connectivity index (χ2v) is 4.32. The Labute approximate surface area is 87.7 Å². The molecule has 0 bridgehead atoms. The van der Waals surface area contributed by atoms with Gasteiger partial charge in [-0.15, -0.1) is 11.6 Å². The average Bonchev–Trinajstić information content (AvgIpc) is 2.49. The summed E-state index contributed by atoms with van der Waals surface area (Å²) in [6.07, 6.45) is 0.952. The van der Waals surface area contributed by atoms with E-state index in [0.29, 0.717) is 0 Å². The fourth-order valence-corrected chi connectivity index (χ4v) is 1.73. The van der Waals surface area contributed by atoms with Crippen LogP contribution in [0.15, 0.2) is 0 Å². The molecule has 0 aliphatic carbocycles. The van der Waals surface area contributed by atoms with E-state index in [1.165, 1.54) is 11.5 Å². The third-order valence-electron chi connectivity index (χ3n) is 1.81. The first kappa shape index (κ1) is 10.7. The SMILES string of the molecule is CCC(Cl)C(C)Nc1nc(C)ns1. The van der Waals surface area contributed by atoms with Gasteiger partial charge in [-0.1, -0.05) is 6.92 Å². The Kier molecular flexibility index (Phi) is 3.93. The third-order valence-corrected chi connectivity index (χ3v) is 3.24. The molecule has 74 valence electrons. The van der Waals surface area contributed by atoms with Crippen LogP contribution in [0.5, 0.6) is 0 Å². The summed E-state index contributed by atoms with van der Waals surface area (Å²) in [6, 6.07) is 0.235. The third kappa shape index (κ3) is 3.12. The fourth-order valence-electron chi connectivity index (χ4n) is 0.994. The molecule has 1 N–H and O–H groups in total. The number of anilines is 1. The van der Waals surface area contributed by atoms with Gasteiger partial charge in [-0.2, -0.15) is 4.37 Å². The standard InChI is InChI=1S/C8H14ClN3S/c1-4-7(9)5(2)10-8-11-6(3)12-13-8/h5,7H,4H2,1-3H3,(H,10,11,12). The molecule has 0 fully saturated rings. The zero-order chi connectivity index (χ0) is 9.84. The van der Waals surface area contributed by atoms with Crippen molar-refractivity contribution in [3.63, 3.8) is 0 Å². The van der Waals surface area contributed by atoms with Crippen molar-refractivity contribution in [3.05, 3.63) is 5.82 Å². The molecule has 0 aliphatic heterocycles. The Morgan fingerprint density at radius 2 is 2.31 bits per heavy atom. The molecule has 2 atom stereocenters. The molecule has 1 aromatic rings. The van der Waals surface area contributed by atoms with E-state index in [1.807, 2.05) is 6.92 Å².